The van der Waals surface area contributed by atoms with Gasteiger partial charge in [-0.3, -0.25) is 0 Å². The van der Waals surface area contributed by atoms with Crippen molar-refractivity contribution in [2.75, 3.05) is 20.1 Å². The Kier molecular flexibility index (Phi) is 8.06. The summed E-state index contributed by atoms with van der Waals surface area (Å²) in [7, 11) is 2.06. The van der Waals surface area contributed by atoms with Crippen LogP contribution in [0.5, 0.6) is 5.75 Å². The van der Waals surface area contributed by atoms with Crippen molar-refractivity contribution < 1.29 is 9.53 Å². The largest absolute Gasteiger partial charge is 0.490 e. The quantitative estimate of drug-likeness (QED) is 0.756. The van der Waals surface area contributed by atoms with Gasteiger partial charge in [0.2, 0.25) is 0 Å². The number of nitrogens with zero attached hydrogens (tertiary/aromatic N) is 1. The zero-order chi connectivity index (χ0) is 18.1. The summed E-state index contributed by atoms with van der Waals surface area (Å²) < 4.78 is 6.08. The fraction of sp³-hybridized carbons (Fsp3) is 0.650. The molecule has 0 unspecified atom stereocenters. The van der Waals surface area contributed by atoms with Gasteiger partial charge >= 0.3 is 6.03 Å². The molecule has 1 fully saturated rings. The number of likely N-dealkylation sites (N-methyl/N-ethyl adjacent to an activating group) is 1. The number of nitrogens with one attached hydrogen (secondary N) is 2. The second-order valence-corrected chi connectivity index (χ2v) is 7.21. The van der Waals surface area contributed by atoms with Gasteiger partial charge < -0.3 is 20.3 Å². The Morgan fingerprint density at radius 2 is 2.00 bits per heavy atom. The molecule has 1 aliphatic rings. The average molecular weight is 348 g/mol. The molecule has 0 bridgehead atoms. The number of urea groups is 1. The lowest BCUT2D eigenvalue weighted by Crippen LogP contribution is -2.40. The summed E-state index contributed by atoms with van der Waals surface area (Å²) in [5, 5.41) is 5.80. The van der Waals surface area contributed by atoms with E-state index in [2.05, 4.69) is 36.4 Å². The van der Waals surface area contributed by atoms with Crippen LogP contribution in [0.2, 0.25) is 0 Å². The Morgan fingerprint density at radius 1 is 1.24 bits per heavy atom. The smallest absolute Gasteiger partial charge is 0.315 e. The fourth-order valence-corrected chi connectivity index (χ4v) is 2.95. The number of ether oxygens (including phenoxy) is 1. The third-order valence-electron chi connectivity index (χ3n) is 4.84. The molecule has 25 heavy (non-hydrogen) atoms. The zero-order valence-electron chi connectivity index (χ0n) is 15.9. The van der Waals surface area contributed by atoms with Gasteiger partial charge in [0.05, 0.1) is 6.10 Å². The van der Waals surface area contributed by atoms with Crippen LogP contribution in [0.3, 0.4) is 0 Å². The molecule has 5 nitrogen and oxygen atoms in total. The molecule has 1 aromatic carbocycles. The minimum atomic E-state index is -0.129. The minimum absolute atomic E-state index is 0.129. The number of benzene rings is 1. The lowest BCUT2D eigenvalue weighted by atomic mass is 9.98. The van der Waals surface area contributed by atoms with E-state index < -0.39 is 0 Å². The minimum Gasteiger partial charge on any atom is -0.490 e. The lowest BCUT2D eigenvalue weighted by Gasteiger charge is -2.23. The van der Waals surface area contributed by atoms with Crippen molar-refractivity contribution in [3.05, 3.63) is 29.8 Å². The van der Waals surface area contributed by atoms with Gasteiger partial charge in [-0.25, -0.2) is 4.79 Å². The van der Waals surface area contributed by atoms with Crippen LogP contribution < -0.4 is 15.4 Å². The fourth-order valence-electron chi connectivity index (χ4n) is 2.95. The van der Waals surface area contributed by atoms with Gasteiger partial charge in [0.15, 0.2) is 0 Å². The average Bonchev–Trinajstić information content (AvgIpc) is 2.61. The van der Waals surface area contributed by atoms with Crippen molar-refractivity contribution in [3.63, 3.8) is 0 Å². The molecule has 140 valence electrons. The Morgan fingerprint density at radius 3 is 2.72 bits per heavy atom. The van der Waals surface area contributed by atoms with Gasteiger partial charge in [-0.15, -0.1) is 0 Å². The van der Waals surface area contributed by atoms with Gasteiger partial charge in [0, 0.05) is 25.7 Å². The maximum atomic E-state index is 11.9. The van der Waals surface area contributed by atoms with E-state index >= 15 is 0 Å². The summed E-state index contributed by atoms with van der Waals surface area (Å²) in [6, 6.07) is 8.39. The molecule has 0 heterocycles. The Balaban J connectivity index is 1.71. The van der Waals surface area contributed by atoms with E-state index in [4.69, 9.17) is 4.74 Å². The van der Waals surface area contributed by atoms with E-state index in [0.717, 1.165) is 30.7 Å². The first-order chi connectivity index (χ1) is 12.0. The predicted octanol–water partition coefficient (Wildman–Crippen LogP) is 3.54. The van der Waals surface area contributed by atoms with E-state index in [1.165, 1.54) is 19.3 Å². The summed E-state index contributed by atoms with van der Waals surface area (Å²) >= 11 is 0. The van der Waals surface area contributed by atoms with Gasteiger partial charge in [0.1, 0.15) is 5.75 Å². The van der Waals surface area contributed by atoms with Crippen molar-refractivity contribution in [3.8, 4) is 5.75 Å². The Labute approximate surface area is 152 Å². The second kappa shape index (κ2) is 10.3. The Bertz CT molecular complexity index is 527. The molecule has 0 aliphatic heterocycles. The van der Waals surface area contributed by atoms with E-state index in [1.807, 2.05) is 24.3 Å². The van der Waals surface area contributed by atoms with E-state index in [0.29, 0.717) is 25.2 Å². The highest BCUT2D eigenvalue weighted by molar-refractivity contribution is 5.73. The Hall–Kier alpha value is -1.75. The van der Waals surface area contributed by atoms with Crippen LogP contribution in [0, 0.1) is 0 Å². The topological polar surface area (TPSA) is 53.6 Å². The molecule has 1 aliphatic carbocycles. The molecular weight excluding hydrogens is 314 g/mol. The monoisotopic (exact) mass is 347 g/mol. The van der Waals surface area contributed by atoms with Crippen molar-refractivity contribution in [2.45, 2.75) is 64.6 Å². The van der Waals surface area contributed by atoms with Crippen LogP contribution in [-0.4, -0.2) is 43.2 Å². The van der Waals surface area contributed by atoms with Crippen LogP contribution in [0.25, 0.3) is 0 Å². The zero-order valence-corrected chi connectivity index (χ0v) is 15.9. The summed E-state index contributed by atoms with van der Waals surface area (Å²) in [4.78, 5) is 14.1. The number of amides is 2. The maximum Gasteiger partial charge on any atom is 0.315 e. The normalized spacial score (nSPS) is 15.4. The van der Waals surface area contributed by atoms with Gasteiger partial charge in [-0.2, -0.15) is 0 Å². The summed E-state index contributed by atoms with van der Waals surface area (Å²) in [5.41, 5.74) is 1.06. The third-order valence-corrected chi connectivity index (χ3v) is 4.84. The molecule has 1 saturated carbocycles. The van der Waals surface area contributed by atoms with Crippen LogP contribution >= 0.6 is 0 Å². The van der Waals surface area contributed by atoms with Crippen molar-refractivity contribution in [1.29, 1.82) is 0 Å². The van der Waals surface area contributed by atoms with Crippen molar-refractivity contribution >= 4 is 6.03 Å². The standard InChI is InChI=1S/C20H33N3O2/c1-16(2)23(3)13-12-21-20(24)22-15-17-8-7-11-19(14-17)25-18-9-5-4-6-10-18/h7-8,11,14,16,18H,4-6,9-10,12-13,15H2,1-3H3,(H2,21,22,24). The number of hydrogen-bond acceptors (Lipinski definition) is 3. The van der Waals surface area contributed by atoms with Crippen LogP contribution in [-0.2, 0) is 6.54 Å². The number of carbonyl (C=O) groups excluding carboxylic acids is 1. The first kappa shape index (κ1) is 19.6. The molecule has 5 heteroatoms. The van der Waals surface area contributed by atoms with Crippen LogP contribution in [0.4, 0.5) is 4.79 Å². The summed E-state index contributed by atoms with van der Waals surface area (Å²) in [5.74, 6) is 0.908. The number of rotatable bonds is 8. The second-order valence-electron chi connectivity index (χ2n) is 7.21. The molecule has 2 rings (SSSR count). The number of hydrogen-bond donors (Lipinski definition) is 2. The maximum absolute atomic E-state index is 11.9. The highest BCUT2D eigenvalue weighted by Crippen LogP contribution is 2.23. The number of carbonyl (C=O) groups is 1. The van der Waals surface area contributed by atoms with Crippen LogP contribution in [0.15, 0.2) is 24.3 Å². The molecule has 0 radical (unpaired) electrons. The molecule has 0 aromatic heterocycles. The predicted molar refractivity (Wildman–Crippen MR) is 102 cm³/mol. The third kappa shape index (κ3) is 7.34. The van der Waals surface area contributed by atoms with Crippen molar-refractivity contribution in [2.24, 2.45) is 0 Å². The van der Waals surface area contributed by atoms with E-state index in [9.17, 15) is 4.79 Å². The van der Waals surface area contributed by atoms with E-state index in [1.54, 1.807) is 0 Å². The molecule has 1 aromatic rings. The highest BCUT2D eigenvalue weighted by Gasteiger charge is 2.14. The lowest BCUT2D eigenvalue weighted by molar-refractivity contribution is 0.155. The molecule has 2 amide bonds. The van der Waals surface area contributed by atoms with Crippen molar-refractivity contribution in [1.82, 2.24) is 15.5 Å². The molecule has 0 spiro atoms. The first-order valence-corrected chi connectivity index (χ1v) is 9.52. The summed E-state index contributed by atoms with van der Waals surface area (Å²) in [6.45, 7) is 6.28. The van der Waals surface area contributed by atoms with Gasteiger partial charge in [-0.05, 0) is 64.3 Å². The first-order valence-electron chi connectivity index (χ1n) is 9.52. The molecule has 0 saturated heterocycles. The van der Waals surface area contributed by atoms with Crippen LogP contribution in [0.1, 0.15) is 51.5 Å². The molecule has 2 N–H and O–H groups in total. The van der Waals surface area contributed by atoms with E-state index in [-0.39, 0.29) is 6.03 Å². The highest BCUT2D eigenvalue weighted by atomic mass is 16.5. The molecular formula is C20H33N3O2. The summed E-state index contributed by atoms with van der Waals surface area (Å²) in [6.07, 6.45) is 6.49. The van der Waals surface area contributed by atoms with Gasteiger partial charge in [0.25, 0.3) is 0 Å². The molecule has 0 atom stereocenters. The van der Waals surface area contributed by atoms with Gasteiger partial charge in [-0.1, -0.05) is 18.6 Å². The SMILES string of the molecule is CC(C)N(C)CCNC(=O)NCc1cccc(OC2CCCCC2)c1.